The predicted molar refractivity (Wildman–Crippen MR) is 90.0 cm³/mol. The molecule has 7 nitrogen and oxygen atoms in total. The number of nitrogens with zero attached hydrogens (tertiary/aromatic N) is 2. The van der Waals surface area contributed by atoms with E-state index in [2.05, 4.69) is 15.5 Å². The lowest BCUT2D eigenvalue weighted by atomic mass is 10.0. The number of carbonyl (C=O) groups excluding carboxylic acids is 1. The molecular weight excluding hydrogens is 322 g/mol. The predicted octanol–water partition coefficient (Wildman–Crippen LogP) is 3.47. The molecule has 2 heterocycles. The first-order valence-corrected chi connectivity index (χ1v) is 7.91. The summed E-state index contributed by atoms with van der Waals surface area (Å²) < 4.78 is 15.7. The van der Waals surface area contributed by atoms with E-state index in [4.69, 9.17) is 13.7 Å². The van der Waals surface area contributed by atoms with Gasteiger partial charge in [0, 0.05) is 5.56 Å². The fourth-order valence-corrected chi connectivity index (χ4v) is 2.35. The summed E-state index contributed by atoms with van der Waals surface area (Å²) in [6.07, 6.45) is 1.54. The van der Waals surface area contributed by atoms with Gasteiger partial charge in [-0.05, 0) is 42.3 Å². The van der Waals surface area contributed by atoms with Gasteiger partial charge < -0.3 is 19.0 Å². The number of amides is 1. The van der Waals surface area contributed by atoms with Crippen LogP contribution in [-0.4, -0.2) is 23.2 Å². The monoisotopic (exact) mass is 341 g/mol. The van der Waals surface area contributed by atoms with E-state index >= 15 is 0 Å². The molecule has 0 spiro atoms. The lowest BCUT2D eigenvalue weighted by Gasteiger charge is -2.18. The minimum Gasteiger partial charge on any atom is -0.497 e. The first kappa shape index (κ1) is 16.8. The third-order valence-electron chi connectivity index (χ3n) is 3.75. The molecule has 0 unspecified atom stereocenters. The van der Waals surface area contributed by atoms with Crippen LogP contribution < -0.4 is 10.1 Å². The highest BCUT2D eigenvalue weighted by atomic mass is 16.5. The van der Waals surface area contributed by atoms with Crippen LogP contribution in [0.15, 0.2) is 51.6 Å². The quantitative estimate of drug-likeness (QED) is 0.738. The summed E-state index contributed by atoms with van der Waals surface area (Å²) in [5.41, 5.74) is 0.525. The van der Waals surface area contributed by atoms with Gasteiger partial charge in [0.1, 0.15) is 11.8 Å². The lowest BCUT2D eigenvalue weighted by Crippen LogP contribution is -2.32. The molecule has 0 bridgehead atoms. The third-order valence-corrected chi connectivity index (χ3v) is 3.75. The number of hydrogen-bond donors (Lipinski definition) is 1. The van der Waals surface area contributed by atoms with Gasteiger partial charge in [-0.1, -0.05) is 19.0 Å². The van der Waals surface area contributed by atoms with Crippen LogP contribution >= 0.6 is 0 Å². The second kappa shape index (κ2) is 7.21. The van der Waals surface area contributed by atoms with Gasteiger partial charge >= 0.3 is 0 Å². The van der Waals surface area contributed by atoms with E-state index in [0.29, 0.717) is 28.8 Å². The van der Waals surface area contributed by atoms with Gasteiger partial charge in [0.25, 0.3) is 5.91 Å². The maximum absolute atomic E-state index is 12.5. The molecule has 0 fully saturated rings. The largest absolute Gasteiger partial charge is 0.497 e. The molecule has 2 aromatic heterocycles. The van der Waals surface area contributed by atoms with Crippen molar-refractivity contribution in [1.82, 2.24) is 15.5 Å². The van der Waals surface area contributed by atoms with Gasteiger partial charge in [-0.15, -0.1) is 0 Å². The first-order valence-electron chi connectivity index (χ1n) is 7.91. The Bertz CT molecular complexity index is 822. The van der Waals surface area contributed by atoms with Gasteiger partial charge in [-0.3, -0.25) is 4.79 Å². The number of ether oxygens (including phenoxy) is 1. The molecule has 3 aromatic rings. The molecule has 0 aliphatic rings. The maximum Gasteiger partial charge on any atom is 0.251 e. The number of carbonyl (C=O) groups is 1. The summed E-state index contributed by atoms with van der Waals surface area (Å²) in [4.78, 5) is 16.8. The smallest absolute Gasteiger partial charge is 0.251 e. The SMILES string of the molecule is COc1ccc(C(=O)N[C@H](c2nc(-c3ccco3)no2)C(C)C)cc1. The Morgan fingerprint density at radius 3 is 2.56 bits per heavy atom. The van der Waals surface area contributed by atoms with Crippen LogP contribution in [0.3, 0.4) is 0 Å². The summed E-state index contributed by atoms with van der Waals surface area (Å²) in [7, 11) is 1.58. The van der Waals surface area contributed by atoms with Crippen LogP contribution in [0.25, 0.3) is 11.6 Å². The van der Waals surface area contributed by atoms with Crippen LogP contribution in [0, 0.1) is 5.92 Å². The molecule has 0 radical (unpaired) electrons. The normalized spacial score (nSPS) is 12.2. The van der Waals surface area contributed by atoms with Crippen LogP contribution in [0.5, 0.6) is 5.75 Å². The number of furan rings is 1. The third kappa shape index (κ3) is 3.71. The molecular formula is C18H19N3O4. The number of aromatic nitrogens is 2. The molecule has 7 heteroatoms. The minimum absolute atomic E-state index is 0.0621. The second-order valence-electron chi connectivity index (χ2n) is 5.86. The summed E-state index contributed by atoms with van der Waals surface area (Å²) in [5, 5.41) is 6.86. The molecule has 1 N–H and O–H groups in total. The molecule has 1 aromatic carbocycles. The van der Waals surface area contributed by atoms with Crippen molar-refractivity contribution >= 4 is 5.91 Å². The molecule has 3 rings (SSSR count). The second-order valence-corrected chi connectivity index (χ2v) is 5.86. The van der Waals surface area contributed by atoms with E-state index in [0.717, 1.165) is 0 Å². The summed E-state index contributed by atoms with van der Waals surface area (Å²) in [6, 6.07) is 9.96. The van der Waals surface area contributed by atoms with E-state index in [1.807, 2.05) is 13.8 Å². The van der Waals surface area contributed by atoms with E-state index in [9.17, 15) is 4.79 Å². The summed E-state index contributed by atoms with van der Waals surface area (Å²) in [6.45, 7) is 3.94. The Morgan fingerprint density at radius 2 is 1.96 bits per heavy atom. The van der Waals surface area contributed by atoms with Gasteiger partial charge in [0.05, 0.1) is 13.4 Å². The molecule has 0 aliphatic carbocycles. The first-order chi connectivity index (χ1) is 12.1. The fraction of sp³-hybridized carbons (Fsp3) is 0.278. The molecule has 130 valence electrons. The highest BCUT2D eigenvalue weighted by molar-refractivity contribution is 5.94. The number of rotatable bonds is 6. The van der Waals surface area contributed by atoms with Crippen molar-refractivity contribution in [2.45, 2.75) is 19.9 Å². The fourth-order valence-electron chi connectivity index (χ4n) is 2.35. The Hall–Kier alpha value is -3.09. The van der Waals surface area contributed by atoms with Gasteiger partial charge in [0.2, 0.25) is 11.7 Å². The van der Waals surface area contributed by atoms with E-state index in [-0.39, 0.29) is 11.8 Å². The number of methoxy groups -OCH3 is 1. The van der Waals surface area contributed by atoms with Crippen molar-refractivity contribution in [3.63, 3.8) is 0 Å². The van der Waals surface area contributed by atoms with Crippen LogP contribution in [-0.2, 0) is 0 Å². The topological polar surface area (TPSA) is 90.4 Å². The van der Waals surface area contributed by atoms with E-state index < -0.39 is 6.04 Å². The summed E-state index contributed by atoms with van der Waals surface area (Å²) in [5.74, 6) is 1.73. The Morgan fingerprint density at radius 1 is 1.20 bits per heavy atom. The average molecular weight is 341 g/mol. The molecule has 1 amide bonds. The Labute approximate surface area is 145 Å². The van der Waals surface area contributed by atoms with Crippen molar-refractivity contribution in [3.8, 4) is 17.3 Å². The van der Waals surface area contributed by atoms with Crippen LogP contribution in [0.4, 0.5) is 0 Å². The van der Waals surface area contributed by atoms with Gasteiger partial charge in [0.15, 0.2) is 5.76 Å². The van der Waals surface area contributed by atoms with Gasteiger partial charge in [-0.25, -0.2) is 0 Å². The van der Waals surface area contributed by atoms with Crippen molar-refractivity contribution in [2.75, 3.05) is 7.11 Å². The van der Waals surface area contributed by atoms with E-state index in [1.54, 1.807) is 43.5 Å². The number of hydrogen-bond acceptors (Lipinski definition) is 6. The summed E-state index contributed by atoms with van der Waals surface area (Å²) >= 11 is 0. The number of benzene rings is 1. The van der Waals surface area contributed by atoms with Gasteiger partial charge in [-0.2, -0.15) is 4.98 Å². The zero-order valence-electron chi connectivity index (χ0n) is 14.2. The zero-order valence-corrected chi connectivity index (χ0v) is 14.2. The number of nitrogens with one attached hydrogen (secondary N) is 1. The van der Waals surface area contributed by atoms with Crippen molar-refractivity contribution in [1.29, 1.82) is 0 Å². The zero-order chi connectivity index (χ0) is 17.8. The molecule has 0 saturated carbocycles. The van der Waals surface area contributed by atoms with Crippen LogP contribution in [0.2, 0.25) is 0 Å². The maximum atomic E-state index is 12.5. The average Bonchev–Trinajstić information content (AvgIpc) is 3.30. The molecule has 1 atom stereocenters. The molecule has 0 saturated heterocycles. The van der Waals surface area contributed by atoms with Crippen LogP contribution in [0.1, 0.15) is 36.1 Å². The minimum atomic E-state index is -0.411. The molecule has 0 aliphatic heterocycles. The Kier molecular flexibility index (Phi) is 4.83. The highest BCUT2D eigenvalue weighted by Crippen LogP contribution is 2.24. The van der Waals surface area contributed by atoms with Crippen molar-refractivity contribution in [2.24, 2.45) is 5.92 Å². The van der Waals surface area contributed by atoms with Crippen molar-refractivity contribution in [3.05, 3.63) is 54.1 Å². The Balaban J connectivity index is 1.78. The molecule has 25 heavy (non-hydrogen) atoms. The highest BCUT2D eigenvalue weighted by Gasteiger charge is 2.25. The standard InChI is InChI=1S/C18H19N3O4/c1-11(2)15(18-20-16(21-25-18)14-5-4-10-24-14)19-17(22)12-6-8-13(23-3)9-7-12/h4-11,15H,1-3H3,(H,19,22)/t15-/m0/s1. The van der Waals surface area contributed by atoms with Crippen molar-refractivity contribution < 1.29 is 18.5 Å². The van der Waals surface area contributed by atoms with E-state index in [1.165, 1.54) is 6.26 Å². The lowest BCUT2D eigenvalue weighted by molar-refractivity contribution is 0.0914.